The molecule has 0 radical (unpaired) electrons. The van der Waals surface area contributed by atoms with E-state index in [1.165, 1.54) is 5.56 Å². The van der Waals surface area contributed by atoms with Gasteiger partial charge in [0.15, 0.2) is 0 Å². The van der Waals surface area contributed by atoms with E-state index < -0.39 is 11.4 Å². The van der Waals surface area contributed by atoms with E-state index in [9.17, 15) is 14.7 Å². The van der Waals surface area contributed by atoms with Crippen LogP contribution >= 0.6 is 0 Å². The van der Waals surface area contributed by atoms with Gasteiger partial charge in [-0.25, -0.2) is 4.79 Å². The van der Waals surface area contributed by atoms with Crippen LogP contribution in [0.5, 0.6) is 0 Å². The fourth-order valence-electron chi connectivity index (χ4n) is 4.20. The van der Waals surface area contributed by atoms with Crippen molar-refractivity contribution in [3.05, 3.63) is 35.9 Å². The van der Waals surface area contributed by atoms with Crippen molar-refractivity contribution in [2.75, 3.05) is 13.1 Å². The molecule has 1 aliphatic carbocycles. The van der Waals surface area contributed by atoms with Crippen LogP contribution in [0.1, 0.15) is 38.2 Å². The molecule has 1 saturated heterocycles. The van der Waals surface area contributed by atoms with Gasteiger partial charge in [-0.1, -0.05) is 36.8 Å². The fourth-order valence-corrected chi connectivity index (χ4v) is 4.20. The Morgan fingerprint density at radius 2 is 2.12 bits per heavy atom. The van der Waals surface area contributed by atoms with E-state index >= 15 is 0 Å². The molecule has 2 fully saturated rings. The number of fused-ring (bicyclic) bond motifs is 1. The fraction of sp³-hybridized carbons (Fsp3) is 0.579. The van der Waals surface area contributed by atoms with Crippen LogP contribution in [0.25, 0.3) is 0 Å². The maximum atomic E-state index is 12.5. The number of urea groups is 1. The van der Waals surface area contributed by atoms with Gasteiger partial charge < -0.3 is 15.3 Å². The van der Waals surface area contributed by atoms with Gasteiger partial charge in [0, 0.05) is 19.1 Å². The van der Waals surface area contributed by atoms with Crippen molar-refractivity contribution in [3.63, 3.8) is 0 Å². The molecule has 1 heterocycles. The predicted molar refractivity (Wildman–Crippen MR) is 91.7 cm³/mol. The van der Waals surface area contributed by atoms with E-state index in [4.69, 9.17) is 0 Å². The monoisotopic (exact) mass is 330 g/mol. The summed E-state index contributed by atoms with van der Waals surface area (Å²) in [5, 5.41) is 12.6. The molecule has 5 nitrogen and oxygen atoms in total. The Morgan fingerprint density at radius 1 is 1.38 bits per heavy atom. The third kappa shape index (κ3) is 3.25. The van der Waals surface area contributed by atoms with Gasteiger partial charge in [0.2, 0.25) is 0 Å². The summed E-state index contributed by atoms with van der Waals surface area (Å²) < 4.78 is 0. The summed E-state index contributed by atoms with van der Waals surface area (Å²) >= 11 is 0. The zero-order valence-electron chi connectivity index (χ0n) is 14.2. The second kappa shape index (κ2) is 6.83. The van der Waals surface area contributed by atoms with Gasteiger partial charge in [-0.2, -0.15) is 0 Å². The van der Waals surface area contributed by atoms with Gasteiger partial charge in [-0.3, -0.25) is 4.79 Å². The van der Waals surface area contributed by atoms with Crippen LogP contribution in [-0.2, 0) is 11.2 Å². The number of carboxylic acids is 1. The maximum Gasteiger partial charge on any atom is 0.317 e. The number of hydrogen-bond acceptors (Lipinski definition) is 2. The van der Waals surface area contributed by atoms with Crippen molar-refractivity contribution in [3.8, 4) is 0 Å². The van der Waals surface area contributed by atoms with Crippen LogP contribution in [0, 0.1) is 11.3 Å². The number of rotatable bonds is 5. The summed E-state index contributed by atoms with van der Waals surface area (Å²) in [5.74, 6) is -0.627. The van der Waals surface area contributed by atoms with Crippen LogP contribution < -0.4 is 5.32 Å². The van der Waals surface area contributed by atoms with Gasteiger partial charge in [-0.05, 0) is 44.1 Å². The van der Waals surface area contributed by atoms with Crippen LogP contribution in [0.2, 0.25) is 0 Å². The Balaban J connectivity index is 1.51. The minimum Gasteiger partial charge on any atom is -0.481 e. The molecule has 1 aliphatic heterocycles. The Kier molecular flexibility index (Phi) is 4.78. The van der Waals surface area contributed by atoms with E-state index in [2.05, 4.69) is 17.4 Å². The van der Waals surface area contributed by atoms with Gasteiger partial charge in [0.25, 0.3) is 0 Å². The molecule has 24 heavy (non-hydrogen) atoms. The Bertz CT molecular complexity index is 604. The third-order valence-corrected chi connectivity index (χ3v) is 5.66. The van der Waals surface area contributed by atoms with Crippen molar-refractivity contribution in [1.29, 1.82) is 0 Å². The predicted octanol–water partition coefficient (Wildman–Crippen LogP) is 2.90. The Hall–Kier alpha value is -2.04. The SMILES string of the molecule is CC(CCc1ccccc1)NC(=O)N1C[C@@H]2CCC[C@@]2(C(=O)O)C1. The number of nitrogens with one attached hydrogen (secondary N) is 1. The number of hydrogen-bond donors (Lipinski definition) is 2. The number of carbonyl (C=O) groups excluding carboxylic acids is 1. The van der Waals surface area contributed by atoms with Crippen molar-refractivity contribution >= 4 is 12.0 Å². The molecule has 130 valence electrons. The molecule has 0 spiro atoms. The molecule has 2 N–H and O–H groups in total. The first-order valence-corrected chi connectivity index (χ1v) is 8.84. The molecule has 1 aromatic rings. The topological polar surface area (TPSA) is 69.6 Å². The van der Waals surface area contributed by atoms with Crippen molar-refractivity contribution < 1.29 is 14.7 Å². The number of likely N-dealkylation sites (tertiary alicyclic amines) is 1. The number of nitrogens with zero attached hydrogens (tertiary/aromatic N) is 1. The highest BCUT2D eigenvalue weighted by Crippen LogP contribution is 2.48. The zero-order valence-corrected chi connectivity index (χ0v) is 14.2. The smallest absolute Gasteiger partial charge is 0.317 e. The second-order valence-electron chi connectivity index (χ2n) is 7.31. The average molecular weight is 330 g/mol. The summed E-state index contributed by atoms with van der Waals surface area (Å²) in [5.41, 5.74) is 0.559. The minimum atomic E-state index is -0.738. The van der Waals surface area contributed by atoms with Crippen molar-refractivity contribution in [2.45, 2.75) is 45.1 Å². The number of aryl methyl sites for hydroxylation is 1. The highest BCUT2D eigenvalue weighted by molar-refractivity contribution is 5.80. The van der Waals surface area contributed by atoms with Gasteiger partial charge in [0.1, 0.15) is 0 Å². The molecule has 2 aliphatic rings. The molecule has 1 unspecified atom stereocenters. The molecule has 1 saturated carbocycles. The first-order chi connectivity index (χ1) is 11.5. The van der Waals surface area contributed by atoms with Crippen LogP contribution in [0.15, 0.2) is 30.3 Å². The maximum absolute atomic E-state index is 12.5. The van der Waals surface area contributed by atoms with E-state index in [0.717, 1.165) is 25.7 Å². The van der Waals surface area contributed by atoms with Gasteiger partial charge in [-0.15, -0.1) is 0 Å². The summed E-state index contributed by atoms with van der Waals surface area (Å²) in [6, 6.07) is 10.2. The first-order valence-electron chi connectivity index (χ1n) is 8.84. The van der Waals surface area contributed by atoms with Crippen LogP contribution in [-0.4, -0.2) is 41.1 Å². The molecular weight excluding hydrogens is 304 g/mol. The molecular formula is C19H26N2O3. The minimum absolute atomic E-state index is 0.0684. The molecule has 0 aromatic heterocycles. The third-order valence-electron chi connectivity index (χ3n) is 5.66. The molecule has 0 bridgehead atoms. The highest BCUT2D eigenvalue weighted by atomic mass is 16.4. The van der Waals surface area contributed by atoms with Crippen LogP contribution in [0.3, 0.4) is 0 Å². The average Bonchev–Trinajstić information content (AvgIpc) is 3.12. The summed E-state index contributed by atoms with van der Waals surface area (Å²) in [7, 11) is 0. The molecule has 3 rings (SSSR count). The van der Waals surface area contributed by atoms with Gasteiger partial charge >= 0.3 is 12.0 Å². The lowest BCUT2D eigenvalue weighted by atomic mass is 9.81. The number of aliphatic carboxylic acids is 1. The van der Waals surface area contributed by atoms with Crippen molar-refractivity contribution in [1.82, 2.24) is 10.2 Å². The lowest BCUT2D eigenvalue weighted by molar-refractivity contribution is -0.149. The molecule has 2 amide bonds. The summed E-state index contributed by atoms with van der Waals surface area (Å²) in [6.07, 6.45) is 4.36. The normalized spacial score (nSPS) is 26.9. The standard InChI is InChI=1S/C19H26N2O3/c1-14(9-10-15-6-3-2-4-7-15)20-18(24)21-12-16-8-5-11-19(16,13-21)17(22)23/h2-4,6-7,14,16H,5,8-13H2,1H3,(H,20,24)(H,22,23)/t14?,16-,19+/m0/s1. The summed E-state index contributed by atoms with van der Waals surface area (Å²) in [6.45, 7) is 2.93. The van der Waals surface area contributed by atoms with E-state index in [0.29, 0.717) is 19.5 Å². The van der Waals surface area contributed by atoms with E-state index in [-0.39, 0.29) is 18.0 Å². The van der Waals surface area contributed by atoms with Crippen molar-refractivity contribution in [2.24, 2.45) is 11.3 Å². The molecule has 1 aromatic carbocycles. The Morgan fingerprint density at radius 3 is 2.79 bits per heavy atom. The molecule has 3 atom stereocenters. The second-order valence-corrected chi connectivity index (χ2v) is 7.31. The first kappa shape index (κ1) is 16.8. The lowest BCUT2D eigenvalue weighted by Crippen LogP contribution is -2.44. The van der Waals surface area contributed by atoms with E-state index in [1.807, 2.05) is 25.1 Å². The lowest BCUT2D eigenvalue weighted by Gasteiger charge is -2.24. The van der Waals surface area contributed by atoms with Gasteiger partial charge in [0.05, 0.1) is 5.41 Å². The quantitative estimate of drug-likeness (QED) is 0.872. The number of carbonyl (C=O) groups is 2. The number of amides is 2. The van der Waals surface area contributed by atoms with Crippen LogP contribution in [0.4, 0.5) is 4.79 Å². The number of benzene rings is 1. The Labute approximate surface area is 143 Å². The zero-order chi connectivity index (χ0) is 17.2. The highest BCUT2D eigenvalue weighted by Gasteiger charge is 2.55. The largest absolute Gasteiger partial charge is 0.481 e. The van der Waals surface area contributed by atoms with E-state index in [1.54, 1.807) is 4.90 Å². The molecule has 5 heteroatoms. The number of carboxylic acid groups (broad SMARTS) is 1. The summed E-state index contributed by atoms with van der Waals surface area (Å²) in [4.78, 5) is 25.9.